The third-order valence-corrected chi connectivity index (χ3v) is 4.09. The van der Waals surface area contributed by atoms with Crippen molar-refractivity contribution in [3.63, 3.8) is 0 Å². The number of nitrogens with two attached hydrogens (primary N) is 1. The van der Waals surface area contributed by atoms with E-state index in [0.29, 0.717) is 5.82 Å². The summed E-state index contributed by atoms with van der Waals surface area (Å²) in [5, 5.41) is 0. The Labute approximate surface area is 115 Å². The predicted molar refractivity (Wildman–Crippen MR) is 75.4 cm³/mol. The first kappa shape index (κ1) is 11.7. The fourth-order valence-electron chi connectivity index (χ4n) is 2.41. The highest BCUT2D eigenvalue weighted by atomic mass is 79.9. The van der Waals surface area contributed by atoms with Crippen molar-refractivity contribution in [2.24, 2.45) is 0 Å². The van der Waals surface area contributed by atoms with Crippen molar-refractivity contribution in [2.45, 2.75) is 25.7 Å². The second-order valence-corrected chi connectivity index (χ2v) is 5.43. The van der Waals surface area contributed by atoms with Crippen LogP contribution in [0.2, 0.25) is 0 Å². The van der Waals surface area contributed by atoms with Gasteiger partial charge in [0.2, 0.25) is 0 Å². The lowest BCUT2D eigenvalue weighted by atomic mass is 10.1. The van der Waals surface area contributed by atoms with E-state index in [1.807, 2.05) is 18.2 Å². The van der Waals surface area contributed by atoms with Gasteiger partial charge in [-0.1, -0.05) is 34.1 Å². The minimum atomic E-state index is 0.666. The molecule has 0 radical (unpaired) electrons. The standard InChI is InChI=1S/C14H14BrN3/c15-11-6-2-1-4-9(11)8-13-17-12-7-3-5-10(12)14(16)18-13/h1-2,4,6H,3,5,7-8H2,(H2,16,17,18). The average Bonchev–Trinajstić information content (AvgIpc) is 2.81. The van der Waals surface area contributed by atoms with Gasteiger partial charge >= 0.3 is 0 Å². The van der Waals surface area contributed by atoms with Crippen LogP contribution in [0.25, 0.3) is 0 Å². The molecule has 0 saturated heterocycles. The van der Waals surface area contributed by atoms with Gasteiger partial charge in [-0.3, -0.25) is 0 Å². The molecule has 3 nitrogen and oxygen atoms in total. The maximum Gasteiger partial charge on any atom is 0.135 e. The van der Waals surface area contributed by atoms with Crippen molar-refractivity contribution in [3.8, 4) is 0 Å². The smallest absolute Gasteiger partial charge is 0.135 e. The van der Waals surface area contributed by atoms with Crippen LogP contribution in [0.1, 0.15) is 29.1 Å². The van der Waals surface area contributed by atoms with Crippen LogP contribution >= 0.6 is 15.9 Å². The van der Waals surface area contributed by atoms with Crippen molar-refractivity contribution in [2.75, 3.05) is 5.73 Å². The Bertz CT molecular complexity index is 596. The summed E-state index contributed by atoms with van der Waals surface area (Å²) in [6, 6.07) is 8.14. The Balaban J connectivity index is 1.95. The van der Waals surface area contributed by atoms with Crippen LogP contribution in [0.15, 0.2) is 28.7 Å². The summed E-state index contributed by atoms with van der Waals surface area (Å²) in [5.74, 6) is 1.49. The minimum absolute atomic E-state index is 0.666. The number of nitrogen functional groups attached to an aromatic ring is 1. The van der Waals surface area contributed by atoms with Crippen LogP contribution in [-0.4, -0.2) is 9.97 Å². The topological polar surface area (TPSA) is 51.8 Å². The first-order valence-corrected chi connectivity index (χ1v) is 6.91. The Morgan fingerprint density at radius 2 is 2.00 bits per heavy atom. The zero-order chi connectivity index (χ0) is 12.5. The van der Waals surface area contributed by atoms with E-state index in [9.17, 15) is 0 Å². The number of hydrogen-bond acceptors (Lipinski definition) is 3. The SMILES string of the molecule is Nc1nc(Cc2ccccc2Br)nc2c1CCC2. The van der Waals surface area contributed by atoms with Gasteiger partial charge in [-0.15, -0.1) is 0 Å². The largest absolute Gasteiger partial charge is 0.383 e. The van der Waals surface area contributed by atoms with Crippen LogP contribution in [0.3, 0.4) is 0 Å². The molecule has 1 aliphatic rings. The number of nitrogens with zero attached hydrogens (tertiary/aromatic N) is 2. The summed E-state index contributed by atoms with van der Waals surface area (Å²) in [5.41, 5.74) is 9.49. The van der Waals surface area contributed by atoms with E-state index in [1.165, 1.54) is 5.56 Å². The number of aromatic nitrogens is 2. The Kier molecular flexibility index (Phi) is 3.04. The van der Waals surface area contributed by atoms with Crippen LogP contribution in [0, 0.1) is 0 Å². The van der Waals surface area contributed by atoms with Gasteiger partial charge in [-0.25, -0.2) is 9.97 Å². The third kappa shape index (κ3) is 2.12. The van der Waals surface area contributed by atoms with Crippen LogP contribution in [0.5, 0.6) is 0 Å². The number of aryl methyl sites for hydroxylation is 1. The lowest BCUT2D eigenvalue weighted by Crippen LogP contribution is -2.06. The quantitative estimate of drug-likeness (QED) is 0.928. The fourth-order valence-corrected chi connectivity index (χ4v) is 2.83. The highest BCUT2D eigenvalue weighted by Gasteiger charge is 2.17. The summed E-state index contributed by atoms with van der Waals surface area (Å²) >= 11 is 3.55. The fraction of sp³-hybridized carbons (Fsp3) is 0.286. The maximum absolute atomic E-state index is 6.00. The zero-order valence-electron chi connectivity index (χ0n) is 9.99. The second-order valence-electron chi connectivity index (χ2n) is 4.57. The highest BCUT2D eigenvalue weighted by molar-refractivity contribution is 9.10. The van der Waals surface area contributed by atoms with Gasteiger partial charge in [-0.2, -0.15) is 0 Å². The maximum atomic E-state index is 6.00. The normalized spacial score (nSPS) is 13.6. The van der Waals surface area contributed by atoms with E-state index in [-0.39, 0.29) is 0 Å². The Hall–Kier alpha value is -1.42. The van der Waals surface area contributed by atoms with Gasteiger partial charge in [0.05, 0.1) is 0 Å². The van der Waals surface area contributed by atoms with E-state index in [1.54, 1.807) is 0 Å². The zero-order valence-corrected chi connectivity index (χ0v) is 11.6. The molecule has 1 aliphatic carbocycles. The van der Waals surface area contributed by atoms with Gasteiger partial charge < -0.3 is 5.73 Å². The molecule has 0 saturated carbocycles. The number of rotatable bonds is 2. The van der Waals surface area contributed by atoms with E-state index in [0.717, 1.165) is 47.2 Å². The van der Waals surface area contributed by atoms with E-state index < -0.39 is 0 Å². The van der Waals surface area contributed by atoms with E-state index in [2.05, 4.69) is 32.0 Å². The van der Waals surface area contributed by atoms with Gasteiger partial charge in [-0.05, 0) is 30.9 Å². The lowest BCUT2D eigenvalue weighted by Gasteiger charge is -2.07. The molecule has 1 aromatic heterocycles. The highest BCUT2D eigenvalue weighted by Crippen LogP contribution is 2.25. The van der Waals surface area contributed by atoms with E-state index >= 15 is 0 Å². The van der Waals surface area contributed by atoms with Crippen molar-refractivity contribution >= 4 is 21.7 Å². The molecule has 0 fully saturated rings. The summed E-state index contributed by atoms with van der Waals surface area (Å²) in [4.78, 5) is 9.07. The molecule has 4 heteroatoms. The van der Waals surface area contributed by atoms with E-state index in [4.69, 9.17) is 5.73 Å². The van der Waals surface area contributed by atoms with Crippen molar-refractivity contribution in [3.05, 3.63) is 51.4 Å². The van der Waals surface area contributed by atoms with Crippen LogP contribution < -0.4 is 5.73 Å². The molecule has 3 rings (SSSR count). The van der Waals surface area contributed by atoms with Crippen LogP contribution in [-0.2, 0) is 19.3 Å². The molecule has 0 spiro atoms. The van der Waals surface area contributed by atoms with Gasteiger partial charge in [0, 0.05) is 22.2 Å². The molecule has 0 unspecified atom stereocenters. The molecule has 2 N–H and O–H groups in total. The van der Waals surface area contributed by atoms with Gasteiger partial charge in [0.15, 0.2) is 0 Å². The first-order valence-electron chi connectivity index (χ1n) is 6.11. The molecule has 0 aliphatic heterocycles. The number of benzene rings is 1. The monoisotopic (exact) mass is 303 g/mol. The molecule has 2 aromatic rings. The average molecular weight is 304 g/mol. The Morgan fingerprint density at radius 3 is 2.83 bits per heavy atom. The number of anilines is 1. The lowest BCUT2D eigenvalue weighted by molar-refractivity contribution is 0.885. The molecule has 1 aromatic carbocycles. The number of halogens is 1. The summed E-state index contributed by atoms with van der Waals surface area (Å²) in [7, 11) is 0. The molecular weight excluding hydrogens is 290 g/mol. The van der Waals surface area contributed by atoms with Crippen molar-refractivity contribution in [1.82, 2.24) is 9.97 Å². The van der Waals surface area contributed by atoms with Crippen molar-refractivity contribution < 1.29 is 0 Å². The van der Waals surface area contributed by atoms with Crippen LogP contribution in [0.4, 0.5) is 5.82 Å². The molecule has 1 heterocycles. The molecule has 0 atom stereocenters. The van der Waals surface area contributed by atoms with Crippen molar-refractivity contribution in [1.29, 1.82) is 0 Å². The number of fused-ring (bicyclic) bond motifs is 1. The Morgan fingerprint density at radius 1 is 1.17 bits per heavy atom. The number of hydrogen-bond donors (Lipinski definition) is 1. The summed E-state index contributed by atoms with van der Waals surface area (Å²) < 4.78 is 1.09. The molecule has 92 valence electrons. The first-order chi connectivity index (χ1) is 8.74. The second kappa shape index (κ2) is 4.69. The molecule has 0 amide bonds. The molecule has 18 heavy (non-hydrogen) atoms. The van der Waals surface area contributed by atoms with Gasteiger partial charge in [0.1, 0.15) is 11.6 Å². The third-order valence-electron chi connectivity index (χ3n) is 3.32. The van der Waals surface area contributed by atoms with Gasteiger partial charge in [0.25, 0.3) is 0 Å². The molecular formula is C14H14BrN3. The summed E-state index contributed by atoms with van der Waals surface area (Å²) in [6.07, 6.45) is 3.92. The predicted octanol–water partition coefficient (Wildman–Crippen LogP) is 2.90. The summed E-state index contributed by atoms with van der Waals surface area (Å²) in [6.45, 7) is 0. The minimum Gasteiger partial charge on any atom is -0.383 e. The molecule has 0 bridgehead atoms.